The Morgan fingerprint density at radius 1 is 1.42 bits per heavy atom. The number of halogens is 1. The van der Waals surface area contributed by atoms with Crippen LogP contribution in [0.25, 0.3) is 0 Å². The van der Waals surface area contributed by atoms with E-state index >= 15 is 0 Å². The quantitative estimate of drug-likeness (QED) is 0.807. The maximum absolute atomic E-state index is 11.5. The van der Waals surface area contributed by atoms with Crippen molar-refractivity contribution in [2.45, 2.75) is 26.4 Å². The second kappa shape index (κ2) is 8.17. The molecule has 0 aliphatic heterocycles. The Balaban J connectivity index is 2.23. The summed E-state index contributed by atoms with van der Waals surface area (Å²) in [5.74, 6) is 0.737. The van der Waals surface area contributed by atoms with Crippen LogP contribution in [0.15, 0.2) is 28.7 Å². The Hall–Kier alpha value is -1.07. The molecule has 1 aromatic carbocycles. The van der Waals surface area contributed by atoms with E-state index in [1.54, 1.807) is 0 Å². The molecule has 0 radical (unpaired) electrons. The molecule has 1 rings (SSSR count). The van der Waals surface area contributed by atoms with Gasteiger partial charge in [-0.15, -0.1) is 0 Å². The van der Waals surface area contributed by atoms with Gasteiger partial charge in [-0.3, -0.25) is 4.79 Å². The van der Waals surface area contributed by atoms with Crippen molar-refractivity contribution in [3.05, 3.63) is 28.7 Å². The van der Waals surface area contributed by atoms with Crippen molar-refractivity contribution < 1.29 is 14.6 Å². The molecule has 0 spiro atoms. The molecule has 0 saturated carbocycles. The predicted molar refractivity (Wildman–Crippen MR) is 78.1 cm³/mol. The van der Waals surface area contributed by atoms with Crippen LogP contribution in [0.3, 0.4) is 0 Å². The van der Waals surface area contributed by atoms with Gasteiger partial charge in [0.05, 0.1) is 23.6 Å². The molecule has 1 amide bonds. The van der Waals surface area contributed by atoms with E-state index in [1.807, 2.05) is 38.1 Å². The summed E-state index contributed by atoms with van der Waals surface area (Å²) >= 11 is 3.37. The minimum Gasteiger partial charge on any atom is -0.492 e. The first-order chi connectivity index (χ1) is 9.00. The molecule has 5 heteroatoms. The number of carbonyl (C=O) groups excluding carboxylic acids is 1. The molecule has 0 aliphatic rings. The fourth-order valence-corrected chi connectivity index (χ4v) is 1.76. The normalized spacial score (nSPS) is 12.3. The summed E-state index contributed by atoms with van der Waals surface area (Å²) in [6.45, 7) is 4.41. The first-order valence-electron chi connectivity index (χ1n) is 6.32. The average molecular weight is 330 g/mol. The minimum absolute atomic E-state index is 0.119. The molecule has 19 heavy (non-hydrogen) atoms. The zero-order valence-electron chi connectivity index (χ0n) is 11.2. The van der Waals surface area contributed by atoms with Crippen molar-refractivity contribution in [3.63, 3.8) is 0 Å². The van der Waals surface area contributed by atoms with Crippen LogP contribution in [0, 0.1) is 5.92 Å². The molecule has 0 fully saturated rings. The molecule has 0 aliphatic carbocycles. The first kappa shape index (κ1) is 16.0. The molecule has 4 nitrogen and oxygen atoms in total. The van der Waals surface area contributed by atoms with E-state index in [-0.39, 0.29) is 24.8 Å². The van der Waals surface area contributed by atoms with Crippen molar-refractivity contribution >= 4 is 21.8 Å². The van der Waals surface area contributed by atoms with Crippen LogP contribution >= 0.6 is 15.9 Å². The Bertz CT molecular complexity index is 409. The first-order valence-corrected chi connectivity index (χ1v) is 7.12. The largest absolute Gasteiger partial charge is 0.492 e. The monoisotopic (exact) mass is 329 g/mol. The average Bonchev–Trinajstić information content (AvgIpc) is 2.38. The van der Waals surface area contributed by atoms with E-state index < -0.39 is 6.10 Å². The summed E-state index contributed by atoms with van der Waals surface area (Å²) in [4.78, 5) is 11.5. The van der Waals surface area contributed by atoms with Gasteiger partial charge in [0, 0.05) is 6.54 Å². The van der Waals surface area contributed by atoms with Crippen LogP contribution < -0.4 is 10.1 Å². The van der Waals surface area contributed by atoms with Gasteiger partial charge < -0.3 is 15.2 Å². The van der Waals surface area contributed by atoms with E-state index in [0.29, 0.717) is 6.61 Å². The lowest BCUT2D eigenvalue weighted by Crippen LogP contribution is -2.35. The van der Waals surface area contributed by atoms with Crippen LogP contribution in [0.4, 0.5) is 0 Å². The SMILES string of the molecule is CC(C)[C@@H](O)CNC(=O)CCOc1ccccc1Br. The van der Waals surface area contributed by atoms with Crippen molar-refractivity contribution in [2.24, 2.45) is 5.92 Å². The number of ether oxygens (including phenoxy) is 1. The number of para-hydroxylation sites is 1. The summed E-state index contributed by atoms with van der Waals surface area (Å²) in [7, 11) is 0. The molecule has 1 aromatic rings. The molecule has 0 heterocycles. The highest BCUT2D eigenvalue weighted by molar-refractivity contribution is 9.10. The maximum atomic E-state index is 11.5. The van der Waals surface area contributed by atoms with Gasteiger partial charge in [-0.25, -0.2) is 0 Å². The summed E-state index contributed by atoms with van der Waals surface area (Å²) in [6.07, 6.45) is -0.236. The molecule has 0 bridgehead atoms. The summed E-state index contributed by atoms with van der Waals surface area (Å²) < 4.78 is 6.36. The lowest BCUT2D eigenvalue weighted by molar-refractivity contribution is -0.122. The molecular formula is C14H20BrNO3. The van der Waals surface area contributed by atoms with Gasteiger partial charge >= 0.3 is 0 Å². The van der Waals surface area contributed by atoms with Gasteiger partial charge in [0.25, 0.3) is 0 Å². The van der Waals surface area contributed by atoms with Crippen molar-refractivity contribution in [2.75, 3.05) is 13.2 Å². The lowest BCUT2D eigenvalue weighted by Gasteiger charge is -2.15. The molecule has 1 atom stereocenters. The number of benzene rings is 1. The van der Waals surface area contributed by atoms with Gasteiger partial charge in [0.2, 0.25) is 5.91 Å². The molecule has 0 aromatic heterocycles. The van der Waals surface area contributed by atoms with Crippen LogP contribution in [0.2, 0.25) is 0 Å². The number of aliphatic hydroxyl groups is 1. The molecule has 0 unspecified atom stereocenters. The Labute approximate surface area is 122 Å². The van der Waals surface area contributed by atoms with Crippen molar-refractivity contribution in [1.82, 2.24) is 5.32 Å². The molecule has 2 N–H and O–H groups in total. The van der Waals surface area contributed by atoms with Gasteiger partial charge in [-0.1, -0.05) is 26.0 Å². The van der Waals surface area contributed by atoms with Crippen LogP contribution in [-0.4, -0.2) is 30.3 Å². The van der Waals surface area contributed by atoms with Crippen LogP contribution in [0.5, 0.6) is 5.75 Å². The standard InChI is InChI=1S/C14H20BrNO3/c1-10(2)12(17)9-16-14(18)7-8-19-13-6-4-3-5-11(13)15/h3-6,10,12,17H,7-9H2,1-2H3,(H,16,18)/t12-/m0/s1. The second-order valence-electron chi connectivity index (χ2n) is 4.64. The highest BCUT2D eigenvalue weighted by Crippen LogP contribution is 2.23. The van der Waals surface area contributed by atoms with Gasteiger partial charge in [-0.2, -0.15) is 0 Å². The summed E-state index contributed by atoms with van der Waals surface area (Å²) in [6, 6.07) is 7.50. The number of amides is 1. The van der Waals surface area contributed by atoms with E-state index in [1.165, 1.54) is 0 Å². The topological polar surface area (TPSA) is 58.6 Å². The maximum Gasteiger partial charge on any atom is 0.223 e. The fraction of sp³-hybridized carbons (Fsp3) is 0.500. The fourth-order valence-electron chi connectivity index (χ4n) is 1.36. The lowest BCUT2D eigenvalue weighted by atomic mass is 10.1. The third-order valence-electron chi connectivity index (χ3n) is 2.70. The highest BCUT2D eigenvalue weighted by Gasteiger charge is 2.10. The van der Waals surface area contributed by atoms with E-state index in [0.717, 1.165) is 10.2 Å². The Kier molecular flexibility index (Phi) is 6.87. The molecule has 0 saturated heterocycles. The number of nitrogens with one attached hydrogen (secondary N) is 1. The Morgan fingerprint density at radius 3 is 2.74 bits per heavy atom. The van der Waals surface area contributed by atoms with E-state index in [9.17, 15) is 9.90 Å². The number of aliphatic hydroxyl groups excluding tert-OH is 1. The minimum atomic E-state index is -0.506. The van der Waals surface area contributed by atoms with Crippen molar-refractivity contribution in [1.29, 1.82) is 0 Å². The van der Waals surface area contributed by atoms with Gasteiger partial charge in [0.15, 0.2) is 0 Å². The third kappa shape index (κ3) is 6.07. The molecule has 106 valence electrons. The number of hydrogen-bond acceptors (Lipinski definition) is 3. The van der Waals surface area contributed by atoms with E-state index in [2.05, 4.69) is 21.2 Å². The van der Waals surface area contributed by atoms with E-state index in [4.69, 9.17) is 4.74 Å². The number of carbonyl (C=O) groups is 1. The zero-order valence-corrected chi connectivity index (χ0v) is 12.8. The van der Waals surface area contributed by atoms with Crippen LogP contribution in [0.1, 0.15) is 20.3 Å². The highest BCUT2D eigenvalue weighted by atomic mass is 79.9. The van der Waals surface area contributed by atoms with Gasteiger partial charge in [0.1, 0.15) is 5.75 Å². The van der Waals surface area contributed by atoms with Crippen LogP contribution in [-0.2, 0) is 4.79 Å². The number of rotatable bonds is 7. The smallest absolute Gasteiger partial charge is 0.223 e. The van der Waals surface area contributed by atoms with Gasteiger partial charge in [-0.05, 0) is 34.0 Å². The Morgan fingerprint density at radius 2 is 2.11 bits per heavy atom. The number of hydrogen-bond donors (Lipinski definition) is 2. The molecular weight excluding hydrogens is 310 g/mol. The zero-order chi connectivity index (χ0) is 14.3. The second-order valence-corrected chi connectivity index (χ2v) is 5.50. The third-order valence-corrected chi connectivity index (χ3v) is 3.36. The predicted octanol–water partition coefficient (Wildman–Crippen LogP) is 2.35. The summed E-state index contributed by atoms with van der Waals surface area (Å²) in [5.41, 5.74) is 0. The summed E-state index contributed by atoms with van der Waals surface area (Å²) in [5, 5.41) is 12.2. The van der Waals surface area contributed by atoms with Crippen molar-refractivity contribution in [3.8, 4) is 5.75 Å².